The van der Waals surface area contributed by atoms with Gasteiger partial charge in [0.25, 0.3) is 5.91 Å². The third-order valence-corrected chi connectivity index (χ3v) is 6.54. The summed E-state index contributed by atoms with van der Waals surface area (Å²) in [5, 5.41) is 3.53. The van der Waals surface area contributed by atoms with E-state index in [0.717, 1.165) is 17.3 Å². The van der Waals surface area contributed by atoms with Gasteiger partial charge in [-0.1, -0.05) is 45.7 Å². The van der Waals surface area contributed by atoms with Crippen molar-refractivity contribution in [3.63, 3.8) is 0 Å². The van der Waals surface area contributed by atoms with Crippen molar-refractivity contribution in [2.24, 2.45) is 0 Å². The van der Waals surface area contributed by atoms with Crippen molar-refractivity contribution in [1.82, 2.24) is 5.32 Å². The van der Waals surface area contributed by atoms with Gasteiger partial charge in [0.1, 0.15) is 0 Å². The Labute approximate surface area is 165 Å². The molecule has 6 heteroatoms. The van der Waals surface area contributed by atoms with E-state index in [9.17, 15) is 4.79 Å². The van der Waals surface area contributed by atoms with E-state index < -0.39 is 0 Å². The predicted octanol–water partition coefficient (Wildman–Crippen LogP) is 5.17. The summed E-state index contributed by atoms with van der Waals surface area (Å²) in [4.78, 5) is 13.8. The SMILES string of the molecule is O=C(NCC1(Sc2ccccc2)CCOCC1)c1cc(Br)ccc1Cl. The highest BCUT2D eigenvalue weighted by Crippen LogP contribution is 2.40. The molecule has 1 amide bonds. The van der Waals surface area contributed by atoms with Gasteiger partial charge < -0.3 is 10.1 Å². The first kappa shape index (κ1) is 18.8. The first-order chi connectivity index (χ1) is 12.1. The summed E-state index contributed by atoms with van der Waals surface area (Å²) in [6.45, 7) is 2.01. The summed E-state index contributed by atoms with van der Waals surface area (Å²) in [7, 11) is 0. The Morgan fingerprint density at radius 1 is 1.20 bits per heavy atom. The maximum atomic E-state index is 12.6. The van der Waals surface area contributed by atoms with Crippen LogP contribution in [0.15, 0.2) is 57.9 Å². The second-order valence-electron chi connectivity index (χ2n) is 6.02. The highest BCUT2D eigenvalue weighted by atomic mass is 79.9. The molecule has 0 bridgehead atoms. The Morgan fingerprint density at radius 3 is 2.64 bits per heavy atom. The van der Waals surface area contributed by atoms with Crippen LogP contribution in [0.1, 0.15) is 23.2 Å². The van der Waals surface area contributed by atoms with Gasteiger partial charge in [-0.05, 0) is 43.2 Å². The van der Waals surface area contributed by atoms with Gasteiger partial charge in [-0.2, -0.15) is 0 Å². The van der Waals surface area contributed by atoms with Crippen LogP contribution in [-0.2, 0) is 4.74 Å². The van der Waals surface area contributed by atoms with Crippen LogP contribution in [0.25, 0.3) is 0 Å². The van der Waals surface area contributed by atoms with Gasteiger partial charge in [-0.25, -0.2) is 0 Å². The molecule has 3 rings (SSSR count). The van der Waals surface area contributed by atoms with Crippen molar-refractivity contribution in [3.8, 4) is 0 Å². The number of hydrogen-bond donors (Lipinski definition) is 1. The van der Waals surface area contributed by atoms with Gasteiger partial charge in [0.2, 0.25) is 0 Å². The van der Waals surface area contributed by atoms with E-state index in [1.165, 1.54) is 4.90 Å². The molecule has 1 N–H and O–H groups in total. The van der Waals surface area contributed by atoms with E-state index in [0.29, 0.717) is 30.3 Å². The molecule has 0 atom stereocenters. The standard InChI is InChI=1S/C19H19BrClNO2S/c20-14-6-7-17(21)16(12-14)18(23)22-13-19(8-10-24-11-9-19)25-15-4-2-1-3-5-15/h1-7,12H,8-11,13H2,(H,22,23). The number of halogens is 2. The summed E-state index contributed by atoms with van der Waals surface area (Å²) in [6.07, 6.45) is 1.80. The first-order valence-electron chi connectivity index (χ1n) is 8.13. The molecule has 0 saturated carbocycles. The molecule has 1 aliphatic rings. The molecule has 132 valence electrons. The zero-order valence-corrected chi connectivity index (χ0v) is 16.8. The summed E-state index contributed by atoms with van der Waals surface area (Å²) < 4.78 is 6.31. The van der Waals surface area contributed by atoms with E-state index in [2.05, 4.69) is 33.4 Å². The van der Waals surface area contributed by atoms with Crippen LogP contribution in [0.4, 0.5) is 0 Å². The molecule has 0 aliphatic carbocycles. The summed E-state index contributed by atoms with van der Waals surface area (Å²) in [6, 6.07) is 15.6. The lowest BCUT2D eigenvalue weighted by Crippen LogP contribution is -2.44. The molecule has 1 saturated heterocycles. The molecular weight excluding hydrogens is 422 g/mol. The number of thioether (sulfide) groups is 1. The number of benzene rings is 2. The number of carbonyl (C=O) groups excluding carboxylic acids is 1. The summed E-state index contributed by atoms with van der Waals surface area (Å²) >= 11 is 11.4. The lowest BCUT2D eigenvalue weighted by atomic mass is 9.99. The van der Waals surface area contributed by atoms with Crippen molar-refractivity contribution in [2.45, 2.75) is 22.5 Å². The highest BCUT2D eigenvalue weighted by Gasteiger charge is 2.34. The second-order valence-corrected chi connectivity index (χ2v) is 8.88. The lowest BCUT2D eigenvalue weighted by molar-refractivity contribution is 0.0741. The van der Waals surface area contributed by atoms with Gasteiger partial charge in [0, 0.05) is 33.9 Å². The van der Waals surface area contributed by atoms with Crippen molar-refractivity contribution in [1.29, 1.82) is 0 Å². The molecule has 1 fully saturated rings. The smallest absolute Gasteiger partial charge is 0.252 e. The fourth-order valence-electron chi connectivity index (χ4n) is 2.80. The Bertz CT molecular complexity index is 735. The highest BCUT2D eigenvalue weighted by molar-refractivity contribution is 9.10. The van der Waals surface area contributed by atoms with Crippen LogP contribution < -0.4 is 5.32 Å². The maximum Gasteiger partial charge on any atom is 0.252 e. The van der Waals surface area contributed by atoms with Crippen LogP contribution in [0.5, 0.6) is 0 Å². The normalized spacial score (nSPS) is 16.4. The molecule has 3 nitrogen and oxygen atoms in total. The molecule has 25 heavy (non-hydrogen) atoms. The minimum absolute atomic E-state index is 0.0618. The van der Waals surface area contributed by atoms with Crippen molar-refractivity contribution in [3.05, 3.63) is 63.6 Å². The lowest BCUT2D eigenvalue weighted by Gasteiger charge is -2.36. The molecule has 1 heterocycles. The molecule has 0 radical (unpaired) electrons. The van der Waals surface area contributed by atoms with Crippen molar-refractivity contribution >= 4 is 45.2 Å². The maximum absolute atomic E-state index is 12.6. The number of amides is 1. The van der Waals surface area contributed by atoms with E-state index in [1.807, 2.05) is 36.0 Å². The third kappa shape index (κ3) is 5.00. The van der Waals surface area contributed by atoms with Crippen LogP contribution in [-0.4, -0.2) is 30.4 Å². The van der Waals surface area contributed by atoms with Gasteiger partial charge in [-0.3, -0.25) is 4.79 Å². The third-order valence-electron chi connectivity index (χ3n) is 4.23. The average Bonchev–Trinajstić information content (AvgIpc) is 2.63. The van der Waals surface area contributed by atoms with Crippen LogP contribution >= 0.6 is 39.3 Å². The van der Waals surface area contributed by atoms with Crippen molar-refractivity contribution < 1.29 is 9.53 Å². The van der Waals surface area contributed by atoms with E-state index in [-0.39, 0.29) is 10.7 Å². The fraction of sp³-hybridized carbons (Fsp3) is 0.316. The predicted molar refractivity (Wildman–Crippen MR) is 107 cm³/mol. The van der Waals surface area contributed by atoms with Gasteiger partial charge in [0.15, 0.2) is 0 Å². The van der Waals surface area contributed by atoms with Crippen LogP contribution in [0.2, 0.25) is 5.02 Å². The summed E-state index contributed by atoms with van der Waals surface area (Å²) in [5.74, 6) is -0.147. The monoisotopic (exact) mass is 439 g/mol. The fourth-order valence-corrected chi connectivity index (χ4v) is 4.68. The molecule has 2 aromatic rings. The number of ether oxygens (including phenoxy) is 1. The Hall–Kier alpha value is -1.01. The van der Waals surface area contributed by atoms with Crippen LogP contribution in [0, 0.1) is 0 Å². The van der Waals surface area contributed by atoms with E-state index in [1.54, 1.807) is 12.1 Å². The number of nitrogens with one attached hydrogen (secondary N) is 1. The number of hydrogen-bond acceptors (Lipinski definition) is 3. The second kappa shape index (κ2) is 8.58. The topological polar surface area (TPSA) is 38.3 Å². The molecule has 1 aliphatic heterocycles. The van der Waals surface area contributed by atoms with Gasteiger partial charge >= 0.3 is 0 Å². The molecule has 0 spiro atoms. The molecule has 0 unspecified atom stereocenters. The average molecular weight is 441 g/mol. The van der Waals surface area contributed by atoms with Gasteiger partial charge in [-0.15, -0.1) is 11.8 Å². The quantitative estimate of drug-likeness (QED) is 0.697. The minimum atomic E-state index is -0.147. The largest absolute Gasteiger partial charge is 0.381 e. The molecule has 2 aromatic carbocycles. The van der Waals surface area contributed by atoms with Crippen molar-refractivity contribution in [2.75, 3.05) is 19.8 Å². The Kier molecular flexibility index (Phi) is 6.44. The molecular formula is C19H19BrClNO2S. The zero-order valence-electron chi connectivity index (χ0n) is 13.6. The number of carbonyl (C=O) groups is 1. The summed E-state index contributed by atoms with van der Waals surface area (Å²) in [5.41, 5.74) is 0.489. The molecule has 0 aromatic heterocycles. The number of rotatable bonds is 5. The minimum Gasteiger partial charge on any atom is -0.381 e. The van der Waals surface area contributed by atoms with Crippen LogP contribution in [0.3, 0.4) is 0 Å². The zero-order chi connectivity index (χ0) is 17.7. The van der Waals surface area contributed by atoms with Gasteiger partial charge in [0.05, 0.1) is 10.6 Å². The van der Waals surface area contributed by atoms with E-state index >= 15 is 0 Å². The Balaban J connectivity index is 1.72. The Morgan fingerprint density at radius 2 is 1.92 bits per heavy atom. The first-order valence-corrected chi connectivity index (χ1v) is 10.1. The van der Waals surface area contributed by atoms with E-state index in [4.69, 9.17) is 16.3 Å².